The zero-order valence-electron chi connectivity index (χ0n) is 13.0. The van der Waals surface area contributed by atoms with Gasteiger partial charge < -0.3 is 9.64 Å². The molecule has 5 heteroatoms. The molecule has 0 spiro atoms. The number of alkyl halides is 2. The normalized spacial score (nSPS) is 18.7. The van der Waals surface area contributed by atoms with Crippen LogP contribution in [0.4, 0.5) is 8.78 Å². The summed E-state index contributed by atoms with van der Waals surface area (Å²) in [5.41, 5.74) is 0.489. The molecule has 0 aromatic heterocycles. The largest absolute Gasteiger partial charge is 0.434 e. The first kappa shape index (κ1) is 16.0. The Morgan fingerprint density at radius 3 is 2.43 bits per heavy atom. The van der Waals surface area contributed by atoms with E-state index in [2.05, 4.69) is 4.74 Å². The van der Waals surface area contributed by atoms with E-state index in [-0.39, 0.29) is 11.7 Å². The van der Waals surface area contributed by atoms with E-state index in [1.165, 1.54) is 25.0 Å². The molecule has 2 aliphatic rings. The Morgan fingerprint density at radius 2 is 1.78 bits per heavy atom. The van der Waals surface area contributed by atoms with Crippen LogP contribution in [0, 0.1) is 0 Å². The number of hydrogen-bond acceptors (Lipinski definition) is 2. The van der Waals surface area contributed by atoms with Gasteiger partial charge in [0.15, 0.2) is 0 Å². The Hall–Kier alpha value is -1.91. The number of ether oxygens (including phenoxy) is 1. The maximum Gasteiger partial charge on any atom is 0.387 e. The van der Waals surface area contributed by atoms with Gasteiger partial charge in [-0.2, -0.15) is 8.78 Å². The minimum atomic E-state index is -2.87. The number of halogens is 2. The molecule has 2 fully saturated rings. The molecule has 2 aliphatic carbocycles. The monoisotopic (exact) mass is 321 g/mol. The average Bonchev–Trinajstić information content (AvgIpc) is 3.20. The van der Waals surface area contributed by atoms with Crippen molar-refractivity contribution in [1.29, 1.82) is 0 Å². The van der Waals surface area contributed by atoms with Crippen LogP contribution in [0.25, 0.3) is 6.08 Å². The van der Waals surface area contributed by atoms with Crippen LogP contribution in [0.2, 0.25) is 0 Å². The highest BCUT2D eigenvalue weighted by molar-refractivity contribution is 5.92. The lowest BCUT2D eigenvalue weighted by Gasteiger charge is -2.28. The Bertz CT molecular complexity index is 578. The van der Waals surface area contributed by atoms with Crippen LogP contribution in [0.5, 0.6) is 5.75 Å². The molecule has 0 bridgehead atoms. The maximum atomic E-state index is 12.6. The van der Waals surface area contributed by atoms with Gasteiger partial charge in [-0.15, -0.1) is 0 Å². The summed E-state index contributed by atoms with van der Waals surface area (Å²) in [5, 5.41) is 0. The third-order valence-electron chi connectivity index (χ3n) is 4.45. The molecule has 0 saturated heterocycles. The summed E-state index contributed by atoms with van der Waals surface area (Å²) in [6.07, 6.45) is 9.70. The molecule has 0 N–H and O–H groups in total. The third kappa shape index (κ3) is 4.09. The number of carbonyl (C=O) groups is 1. The lowest BCUT2D eigenvalue weighted by atomic mass is 10.1. The van der Waals surface area contributed by atoms with Crippen molar-refractivity contribution in [2.24, 2.45) is 0 Å². The molecule has 0 heterocycles. The van der Waals surface area contributed by atoms with Gasteiger partial charge in [0, 0.05) is 23.7 Å². The second-order valence-corrected chi connectivity index (χ2v) is 6.16. The SMILES string of the molecule is O=C(/C=C/c1ccccc1OC(F)F)N(C1CCCC1)C1CC1. The Kier molecular flexibility index (Phi) is 4.94. The van der Waals surface area contributed by atoms with Crippen LogP contribution >= 0.6 is 0 Å². The summed E-state index contributed by atoms with van der Waals surface area (Å²) in [4.78, 5) is 14.6. The van der Waals surface area contributed by atoms with Gasteiger partial charge in [-0.1, -0.05) is 31.0 Å². The van der Waals surface area contributed by atoms with E-state index < -0.39 is 6.61 Å². The van der Waals surface area contributed by atoms with Gasteiger partial charge in [0.25, 0.3) is 0 Å². The standard InChI is InChI=1S/C18H21F2NO2/c19-18(20)23-16-8-4-1-5-13(16)9-12-17(22)21(15-10-11-15)14-6-2-3-7-14/h1,4-5,8-9,12,14-15,18H,2-3,6-7,10-11H2/b12-9+. The Balaban J connectivity index is 1.72. The minimum Gasteiger partial charge on any atom is -0.434 e. The van der Waals surface area contributed by atoms with Gasteiger partial charge in [-0.3, -0.25) is 4.79 Å². The summed E-state index contributed by atoms with van der Waals surface area (Å²) in [6, 6.07) is 7.21. The van der Waals surface area contributed by atoms with Crippen LogP contribution in [-0.2, 0) is 4.79 Å². The number of para-hydroxylation sites is 1. The smallest absolute Gasteiger partial charge is 0.387 e. The summed E-state index contributed by atoms with van der Waals surface area (Å²) in [6.45, 7) is -2.87. The molecular formula is C18H21F2NO2. The fourth-order valence-corrected chi connectivity index (χ4v) is 3.26. The van der Waals surface area contributed by atoms with Gasteiger partial charge in [0.2, 0.25) is 5.91 Å². The summed E-state index contributed by atoms with van der Waals surface area (Å²) >= 11 is 0. The molecule has 3 rings (SSSR count). The summed E-state index contributed by atoms with van der Waals surface area (Å²) < 4.78 is 29.3. The van der Waals surface area contributed by atoms with Crippen molar-refractivity contribution in [2.45, 2.75) is 57.2 Å². The number of carbonyl (C=O) groups excluding carboxylic acids is 1. The Labute approximate surface area is 134 Å². The van der Waals surface area contributed by atoms with Crippen molar-refractivity contribution in [1.82, 2.24) is 4.90 Å². The predicted octanol–water partition coefficient (Wildman–Crippen LogP) is 4.23. The second-order valence-electron chi connectivity index (χ2n) is 6.16. The molecule has 1 aromatic carbocycles. The van der Waals surface area contributed by atoms with E-state index in [0.29, 0.717) is 17.6 Å². The number of nitrogens with zero attached hydrogens (tertiary/aromatic N) is 1. The van der Waals surface area contributed by atoms with E-state index in [9.17, 15) is 13.6 Å². The van der Waals surface area contributed by atoms with Gasteiger partial charge in [-0.25, -0.2) is 0 Å². The van der Waals surface area contributed by atoms with Crippen LogP contribution in [0.1, 0.15) is 44.1 Å². The van der Waals surface area contributed by atoms with E-state index >= 15 is 0 Å². The number of amides is 1. The van der Waals surface area contributed by atoms with E-state index in [4.69, 9.17) is 0 Å². The molecule has 3 nitrogen and oxygen atoms in total. The molecule has 23 heavy (non-hydrogen) atoms. The first-order valence-corrected chi connectivity index (χ1v) is 8.19. The second kappa shape index (κ2) is 7.11. The number of rotatable bonds is 6. The van der Waals surface area contributed by atoms with E-state index in [1.807, 2.05) is 4.90 Å². The predicted molar refractivity (Wildman–Crippen MR) is 84.2 cm³/mol. The van der Waals surface area contributed by atoms with Gasteiger partial charge in [0.1, 0.15) is 5.75 Å². The number of hydrogen-bond donors (Lipinski definition) is 0. The van der Waals surface area contributed by atoms with E-state index in [0.717, 1.165) is 25.7 Å². The first-order valence-electron chi connectivity index (χ1n) is 8.19. The average molecular weight is 321 g/mol. The quantitative estimate of drug-likeness (QED) is 0.734. The van der Waals surface area contributed by atoms with Crippen molar-refractivity contribution in [3.05, 3.63) is 35.9 Å². The molecular weight excluding hydrogens is 300 g/mol. The molecule has 124 valence electrons. The highest BCUT2D eigenvalue weighted by Gasteiger charge is 2.37. The van der Waals surface area contributed by atoms with Crippen molar-refractivity contribution >= 4 is 12.0 Å². The zero-order chi connectivity index (χ0) is 16.2. The van der Waals surface area contributed by atoms with Crippen LogP contribution in [-0.4, -0.2) is 29.5 Å². The van der Waals surface area contributed by atoms with Gasteiger partial charge in [-0.05, 0) is 37.8 Å². The number of benzene rings is 1. The minimum absolute atomic E-state index is 0.0220. The van der Waals surface area contributed by atoms with Crippen LogP contribution in [0.3, 0.4) is 0 Å². The maximum absolute atomic E-state index is 12.6. The van der Waals surface area contributed by atoms with Crippen LogP contribution in [0.15, 0.2) is 30.3 Å². The molecule has 1 amide bonds. The Morgan fingerprint density at radius 1 is 1.13 bits per heavy atom. The molecule has 0 radical (unpaired) electrons. The highest BCUT2D eigenvalue weighted by atomic mass is 19.3. The molecule has 0 aliphatic heterocycles. The van der Waals surface area contributed by atoms with Crippen molar-refractivity contribution in [3.63, 3.8) is 0 Å². The fourth-order valence-electron chi connectivity index (χ4n) is 3.26. The molecule has 0 atom stereocenters. The summed E-state index contributed by atoms with van der Waals surface area (Å²) in [7, 11) is 0. The third-order valence-corrected chi connectivity index (χ3v) is 4.45. The highest BCUT2D eigenvalue weighted by Crippen LogP contribution is 2.34. The van der Waals surface area contributed by atoms with Gasteiger partial charge in [0.05, 0.1) is 0 Å². The molecule has 0 unspecified atom stereocenters. The topological polar surface area (TPSA) is 29.5 Å². The summed E-state index contributed by atoms with van der Waals surface area (Å²) in [5.74, 6) is 0.0663. The molecule has 2 saturated carbocycles. The lowest BCUT2D eigenvalue weighted by Crippen LogP contribution is -2.39. The van der Waals surface area contributed by atoms with Crippen molar-refractivity contribution in [2.75, 3.05) is 0 Å². The lowest BCUT2D eigenvalue weighted by molar-refractivity contribution is -0.128. The molecule has 1 aromatic rings. The van der Waals surface area contributed by atoms with Gasteiger partial charge >= 0.3 is 6.61 Å². The van der Waals surface area contributed by atoms with Crippen LogP contribution < -0.4 is 4.74 Å². The van der Waals surface area contributed by atoms with E-state index in [1.54, 1.807) is 24.3 Å². The zero-order valence-corrected chi connectivity index (χ0v) is 13.0. The first-order chi connectivity index (χ1) is 11.1. The fraction of sp³-hybridized carbons (Fsp3) is 0.500. The van der Waals surface area contributed by atoms with Crippen molar-refractivity contribution in [3.8, 4) is 5.75 Å². The van der Waals surface area contributed by atoms with Crippen molar-refractivity contribution < 1.29 is 18.3 Å².